The maximum Gasteiger partial charge on any atom is 0.193 e. The second-order valence-corrected chi connectivity index (χ2v) is 4.25. The third-order valence-electron chi connectivity index (χ3n) is 2.19. The van der Waals surface area contributed by atoms with Crippen LogP contribution in [0.25, 0.3) is 0 Å². The van der Waals surface area contributed by atoms with Gasteiger partial charge >= 0.3 is 0 Å². The summed E-state index contributed by atoms with van der Waals surface area (Å²) in [5.41, 5.74) is 6.95. The smallest absolute Gasteiger partial charge is 0.193 e. The summed E-state index contributed by atoms with van der Waals surface area (Å²) < 4.78 is 14.6. The zero-order valence-corrected chi connectivity index (χ0v) is 11.1. The van der Waals surface area contributed by atoms with Gasteiger partial charge in [0.25, 0.3) is 0 Å². The molecule has 1 aromatic carbocycles. The van der Waals surface area contributed by atoms with Crippen molar-refractivity contribution in [2.75, 3.05) is 23.2 Å². The van der Waals surface area contributed by atoms with Crippen molar-refractivity contribution < 1.29 is 4.39 Å². The number of halogens is 1. The van der Waals surface area contributed by atoms with E-state index in [1.165, 1.54) is 16.4 Å². The Labute approximate surface area is 112 Å². The highest BCUT2D eigenvalue weighted by Crippen LogP contribution is 2.26. The van der Waals surface area contributed by atoms with Crippen molar-refractivity contribution in [1.82, 2.24) is 0 Å². The summed E-state index contributed by atoms with van der Waals surface area (Å²) in [4.78, 5) is 4.11. The lowest BCUT2D eigenvalue weighted by molar-refractivity contribution is 0.628. The number of nitrogens with zero attached hydrogens (tertiary/aromatic N) is 2. The van der Waals surface area contributed by atoms with Crippen LogP contribution in [0.2, 0.25) is 0 Å². The van der Waals surface area contributed by atoms with Crippen molar-refractivity contribution in [1.29, 1.82) is 0 Å². The first-order chi connectivity index (χ1) is 8.54. The maximum absolute atomic E-state index is 13.1. The number of hydrogen-bond donors (Lipinski definition) is 3. The molecule has 0 saturated carbocycles. The van der Waals surface area contributed by atoms with Crippen LogP contribution in [-0.2, 0) is 0 Å². The molecule has 3 N–H and O–H groups in total. The van der Waals surface area contributed by atoms with Gasteiger partial charge in [0, 0.05) is 19.7 Å². The average molecular weight is 268 g/mol. The molecule has 18 heavy (non-hydrogen) atoms. The molecule has 0 spiro atoms. The van der Waals surface area contributed by atoms with Crippen LogP contribution in [0.4, 0.5) is 15.8 Å². The number of thiol groups is 1. The van der Waals surface area contributed by atoms with E-state index in [4.69, 9.17) is 5.73 Å². The maximum atomic E-state index is 13.1. The van der Waals surface area contributed by atoms with Crippen molar-refractivity contribution in [2.24, 2.45) is 10.7 Å². The molecule has 0 aliphatic carbocycles. The summed E-state index contributed by atoms with van der Waals surface area (Å²) in [5, 5.41) is 2.91. The second kappa shape index (κ2) is 6.90. The average Bonchev–Trinajstić information content (AvgIpc) is 2.31. The highest BCUT2D eigenvalue weighted by Gasteiger charge is 2.07. The molecule has 0 unspecified atom stereocenters. The van der Waals surface area contributed by atoms with E-state index in [2.05, 4.69) is 29.7 Å². The van der Waals surface area contributed by atoms with Crippen LogP contribution in [0.5, 0.6) is 0 Å². The Morgan fingerprint density at radius 1 is 1.67 bits per heavy atom. The van der Waals surface area contributed by atoms with Crippen LogP contribution in [0.3, 0.4) is 0 Å². The van der Waals surface area contributed by atoms with Gasteiger partial charge in [0.05, 0.1) is 11.4 Å². The quantitative estimate of drug-likeness (QED) is 0.253. The van der Waals surface area contributed by atoms with Gasteiger partial charge in [0.1, 0.15) is 5.82 Å². The van der Waals surface area contributed by atoms with Gasteiger partial charge in [-0.1, -0.05) is 18.9 Å². The molecule has 0 aliphatic heterocycles. The molecule has 0 aromatic heterocycles. The number of nitrogens with two attached hydrogens (primary N) is 1. The van der Waals surface area contributed by atoms with E-state index in [1.807, 2.05) is 0 Å². The summed E-state index contributed by atoms with van der Waals surface area (Å²) >= 11 is 4.15. The molecule has 98 valence electrons. The lowest BCUT2D eigenvalue weighted by Crippen LogP contribution is -2.24. The van der Waals surface area contributed by atoms with Crippen LogP contribution in [0.15, 0.2) is 35.8 Å². The first-order valence-corrected chi connectivity index (χ1v) is 5.84. The number of aliphatic imine (C=N–C) groups is 1. The Morgan fingerprint density at radius 3 is 3.00 bits per heavy atom. The van der Waals surface area contributed by atoms with E-state index in [-0.39, 0.29) is 11.8 Å². The standard InChI is InChI=1S/C12H17FN4S/c1-3-4-7-15-12(14)16-10-6-5-9(13)8-11(10)17(2)18/h3,5-6,8,18H,1,4,7H2,2H3,(H3,14,15,16). The molecule has 6 heteroatoms. The summed E-state index contributed by atoms with van der Waals surface area (Å²) in [6, 6.07) is 4.31. The molecule has 0 amide bonds. The van der Waals surface area contributed by atoms with E-state index in [1.54, 1.807) is 19.2 Å². The van der Waals surface area contributed by atoms with Crippen LogP contribution in [-0.4, -0.2) is 19.6 Å². The normalized spacial score (nSPS) is 11.2. The third-order valence-corrected chi connectivity index (χ3v) is 2.40. The van der Waals surface area contributed by atoms with Gasteiger partial charge in [-0.25, -0.2) is 4.39 Å². The number of rotatable bonds is 5. The lowest BCUT2D eigenvalue weighted by Gasteiger charge is -2.17. The van der Waals surface area contributed by atoms with E-state index in [0.29, 0.717) is 17.9 Å². The van der Waals surface area contributed by atoms with Crippen LogP contribution < -0.4 is 15.4 Å². The lowest BCUT2D eigenvalue weighted by atomic mass is 10.2. The summed E-state index contributed by atoms with van der Waals surface area (Å²) in [6.07, 6.45) is 2.52. The molecule has 1 rings (SSSR count). The first kappa shape index (κ1) is 14.4. The Kier molecular flexibility index (Phi) is 5.51. The molecule has 1 aromatic rings. The van der Waals surface area contributed by atoms with Crippen molar-refractivity contribution in [3.8, 4) is 0 Å². The van der Waals surface area contributed by atoms with Gasteiger partial charge in [-0.15, -0.1) is 6.58 Å². The summed E-state index contributed by atoms with van der Waals surface area (Å²) in [7, 11) is 1.70. The SMILES string of the molecule is C=CCCN=C(N)Nc1ccc(F)cc1N(C)S. The second-order valence-electron chi connectivity index (χ2n) is 3.65. The van der Waals surface area contributed by atoms with Gasteiger partial charge in [-0.05, 0) is 18.6 Å². The zero-order valence-electron chi connectivity index (χ0n) is 10.2. The minimum absolute atomic E-state index is 0.278. The molecule has 0 aliphatic rings. The van der Waals surface area contributed by atoms with Gasteiger partial charge in [0.2, 0.25) is 0 Å². The number of anilines is 2. The van der Waals surface area contributed by atoms with Gasteiger partial charge in [-0.3, -0.25) is 4.99 Å². The fourth-order valence-electron chi connectivity index (χ4n) is 1.33. The largest absolute Gasteiger partial charge is 0.370 e. The molecule has 0 radical (unpaired) electrons. The van der Waals surface area contributed by atoms with Crippen LogP contribution >= 0.6 is 12.8 Å². The van der Waals surface area contributed by atoms with Gasteiger partial charge in [0.15, 0.2) is 5.96 Å². The zero-order chi connectivity index (χ0) is 13.5. The predicted octanol–water partition coefficient (Wildman–Crippen LogP) is 2.41. The highest BCUT2D eigenvalue weighted by atomic mass is 32.1. The number of hydrogen-bond acceptors (Lipinski definition) is 3. The fourth-order valence-corrected chi connectivity index (χ4v) is 1.50. The fraction of sp³-hybridized carbons (Fsp3) is 0.250. The van der Waals surface area contributed by atoms with Gasteiger partial charge < -0.3 is 15.4 Å². The van der Waals surface area contributed by atoms with Crippen LogP contribution in [0, 0.1) is 5.82 Å². The number of benzene rings is 1. The van der Waals surface area contributed by atoms with E-state index in [0.717, 1.165) is 6.42 Å². The summed E-state index contributed by atoms with van der Waals surface area (Å²) in [6.45, 7) is 4.16. The Bertz CT molecular complexity index is 446. The topological polar surface area (TPSA) is 53.6 Å². The molecule has 0 atom stereocenters. The Morgan fingerprint density at radius 2 is 2.39 bits per heavy atom. The predicted molar refractivity (Wildman–Crippen MR) is 78.7 cm³/mol. The molecule has 0 fully saturated rings. The molecule has 0 bridgehead atoms. The number of guanidine groups is 1. The van der Waals surface area contributed by atoms with Crippen molar-refractivity contribution in [2.45, 2.75) is 6.42 Å². The Balaban J connectivity index is 2.83. The van der Waals surface area contributed by atoms with Crippen molar-refractivity contribution in [3.63, 3.8) is 0 Å². The van der Waals surface area contributed by atoms with Gasteiger partial charge in [-0.2, -0.15) is 0 Å². The van der Waals surface area contributed by atoms with Crippen molar-refractivity contribution in [3.05, 3.63) is 36.7 Å². The Hall–Kier alpha value is -1.69. The minimum atomic E-state index is -0.335. The van der Waals surface area contributed by atoms with E-state index >= 15 is 0 Å². The van der Waals surface area contributed by atoms with Crippen molar-refractivity contribution >= 4 is 30.1 Å². The number of nitrogens with one attached hydrogen (secondary N) is 1. The van der Waals surface area contributed by atoms with Crippen LogP contribution in [0.1, 0.15) is 6.42 Å². The molecular weight excluding hydrogens is 251 g/mol. The minimum Gasteiger partial charge on any atom is -0.370 e. The van der Waals surface area contributed by atoms with E-state index < -0.39 is 0 Å². The summed E-state index contributed by atoms with van der Waals surface area (Å²) in [5.74, 6) is -0.0569. The van der Waals surface area contributed by atoms with E-state index in [9.17, 15) is 4.39 Å². The first-order valence-electron chi connectivity index (χ1n) is 5.44. The monoisotopic (exact) mass is 268 g/mol. The molecule has 4 nitrogen and oxygen atoms in total. The molecule has 0 heterocycles. The molecule has 0 saturated heterocycles. The molecular formula is C12H17FN4S. The third kappa shape index (κ3) is 4.29. The highest BCUT2D eigenvalue weighted by molar-refractivity contribution is 7.81.